The number of aryl methyl sites for hydroxylation is 2. The minimum absolute atomic E-state index is 0.00479. The van der Waals surface area contributed by atoms with E-state index in [4.69, 9.17) is 0 Å². The predicted octanol–water partition coefficient (Wildman–Crippen LogP) is 4.10. The van der Waals surface area contributed by atoms with E-state index in [2.05, 4.69) is 28.7 Å². The number of piperazine rings is 1. The molecule has 9 heteroatoms. The zero-order valence-electron chi connectivity index (χ0n) is 18.5. The summed E-state index contributed by atoms with van der Waals surface area (Å²) >= 11 is 1.47. The van der Waals surface area contributed by atoms with Crippen LogP contribution in [0.2, 0.25) is 0 Å². The molecule has 0 spiro atoms. The molecule has 0 N–H and O–H groups in total. The summed E-state index contributed by atoms with van der Waals surface area (Å²) in [7, 11) is 0. The second-order valence-corrected chi connectivity index (χ2v) is 9.30. The molecule has 2 heterocycles. The average molecular weight is 444 g/mol. The number of rotatable bonds is 7. The highest BCUT2D eigenvalue weighted by Crippen LogP contribution is 2.31. The summed E-state index contributed by atoms with van der Waals surface area (Å²) in [5.74, 6) is 2.79. The fourth-order valence-electron chi connectivity index (χ4n) is 3.50. The second-order valence-electron chi connectivity index (χ2n) is 8.16. The summed E-state index contributed by atoms with van der Waals surface area (Å²) in [6.07, 6.45) is 0.984. The van der Waals surface area contributed by atoms with Gasteiger partial charge in [-0.05, 0) is 44.1 Å². The maximum absolute atomic E-state index is 13.0. The van der Waals surface area contributed by atoms with Gasteiger partial charge in [-0.3, -0.25) is 14.9 Å². The van der Waals surface area contributed by atoms with Crippen LogP contribution in [0.15, 0.2) is 29.2 Å². The number of aromatic nitrogens is 2. The minimum Gasteiger partial charge on any atom is -0.353 e. The summed E-state index contributed by atoms with van der Waals surface area (Å²) in [4.78, 5) is 37.5. The van der Waals surface area contributed by atoms with E-state index in [0.29, 0.717) is 42.6 Å². The van der Waals surface area contributed by atoms with Crippen LogP contribution < -0.4 is 4.90 Å². The summed E-state index contributed by atoms with van der Waals surface area (Å²) in [6.45, 7) is 10.5. The van der Waals surface area contributed by atoms with Crippen molar-refractivity contribution in [3.05, 3.63) is 51.5 Å². The van der Waals surface area contributed by atoms with E-state index < -0.39 is 4.92 Å². The third kappa shape index (κ3) is 5.94. The highest BCUT2D eigenvalue weighted by molar-refractivity contribution is 7.99. The van der Waals surface area contributed by atoms with Crippen LogP contribution in [-0.4, -0.2) is 57.6 Å². The lowest BCUT2D eigenvalue weighted by Crippen LogP contribution is -2.49. The smallest absolute Gasteiger partial charge is 0.283 e. The monoisotopic (exact) mass is 443 g/mol. The number of nitro groups is 1. The highest BCUT2D eigenvalue weighted by atomic mass is 32.2. The number of benzene rings is 1. The maximum Gasteiger partial charge on any atom is 0.283 e. The lowest BCUT2D eigenvalue weighted by molar-refractivity contribution is -0.387. The van der Waals surface area contributed by atoms with Gasteiger partial charge in [0.05, 0.1) is 9.82 Å². The topological polar surface area (TPSA) is 92.5 Å². The van der Waals surface area contributed by atoms with Crippen molar-refractivity contribution in [3.63, 3.8) is 0 Å². The largest absolute Gasteiger partial charge is 0.353 e. The highest BCUT2D eigenvalue weighted by Gasteiger charge is 2.25. The van der Waals surface area contributed by atoms with Gasteiger partial charge < -0.3 is 9.80 Å². The number of amides is 1. The zero-order valence-corrected chi connectivity index (χ0v) is 19.3. The Labute approximate surface area is 187 Å². The lowest BCUT2D eigenvalue weighted by atomic mass is 10.1. The zero-order chi connectivity index (χ0) is 22.5. The number of anilines is 1. The summed E-state index contributed by atoms with van der Waals surface area (Å²) in [6, 6.07) is 6.78. The third-order valence-electron chi connectivity index (χ3n) is 5.20. The van der Waals surface area contributed by atoms with Gasteiger partial charge in [0.2, 0.25) is 0 Å². The lowest BCUT2D eigenvalue weighted by Gasteiger charge is -2.35. The molecule has 0 saturated carbocycles. The Morgan fingerprint density at radius 1 is 1.16 bits per heavy atom. The van der Waals surface area contributed by atoms with E-state index in [9.17, 15) is 14.9 Å². The molecule has 1 saturated heterocycles. The molecule has 0 unspecified atom stereocenters. The molecule has 1 aliphatic heterocycles. The summed E-state index contributed by atoms with van der Waals surface area (Å²) in [5, 5.41) is 11.6. The van der Waals surface area contributed by atoms with Crippen molar-refractivity contribution < 1.29 is 9.72 Å². The van der Waals surface area contributed by atoms with Crippen LogP contribution in [0.4, 0.5) is 11.5 Å². The van der Waals surface area contributed by atoms with Crippen LogP contribution in [0.5, 0.6) is 0 Å². The van der Waals surface area contributed by atoms with Crippen LogP contribution in [0, 0.1) is 29.9 Å². The van der Waals surface area contributed by atoms with Crippen molar-refractivity contribution >= 4 is 29.2 Å². The first-order chi connectivity index (χ1) is 14.7. The van der Waals surface area contributed by atoms with E-state index in [1.54, 1.807) is 17.0 Å². The summed E-state index contributed by atoms with van der Waals surface area (Å²) in [5.41, 5.74) is 1.28. The first-order valence-electron chi connectivity index (χ1n) is 10.5. The molecule has 1 aromatic carbocycles. The van der Waals surface area contributed by atoms with Gasteiger partial charge in [-0.15, -0.1) is 11.8 Å². The van der Waals surface area contributed by atoms with Crippen LogP contribution >= 0.6 is 11.8 Å². The Morgan fingerprint density at radius 2 is 1.87 bits per heavy atom. The van der Waals surface area contributed by atoms with Crippen molar-refractivity contribution in [3.8, 4) is 0 Å². The van der Waals surface area contributed by atoms with Crippen molar-refractivity contribution in [2.24, 2.45) is 5.92 Å². The van der Waals surface area contributed by atoms with Crippen LogP contribution in [0.1, 0.15) is 42.1 Å². The predicted molar refractivity (Wildman–Crippen MR) is 123 cm³/mol. The fraction of sp³-hybridized carbons (Fsp3) is 0.500. The molecule has 1 amide bonds. The Morgan fingerprint density at radius 3 is 2.48 bits per heavy atom. The normalized spacial score (nSPS) is 14.2. The third-order valence-corrected chi connectivity index (χ3v) is 6.29. The Kier molecular flexibility index (Phi) is 7.48. The molecule has 0 aliphatic carbocycles. The molecule has 3 rings (SSSR count). The number of nitrogens with zero attached hydrogens (tertiary/aromatic N) is 5. The fourth-order valence-corrected chi connectivity index (χ4v) is 4.76. The van der Waals surface area contributed by atoms with Gasteiger partial charge in [0, 0.05) is 49.6 Å². The Balaban J connectivity index is 1.67. The van der Waals surface area contributed by atoms with Crippen LogP contribution in [-0.2, 0) is 0 Å². The summed E-state index contributed by atoms with van der Waals surface area (Å²) < 4.78 is 0. The van der Waals surface area contributed by atoms with Gasteiger partial charge >= 0.3 is 0 Å². The standard InChI is InChI=1S/C22H29N5O3S/c1-15(2)7-12-31-20-6-5-18(14-19(20)27(29)30)22(28)26-10-8-25(9-11-26)21-13-16(3)23-17(4)24-21/h5-6,13-15H,7-12H2,1-4H3. The first-order valence-corrected chi connectivity index (χ1v) is 11.5. The second kappa shape index (κ2) is 10.1. The Hall–Kier alpha value is -2.68. The maximum atomic E-state index is 13.0. The van der Waals surface area contributed by atoms with Gasteiger partial charge in [0.1, 0.15) is 11.6 Å². The van der Waals surface area contributed by atoms with Gasteiger partial charge in [0.25, 0.3) is 11.6 Å². The number of thioether (sulfide) groups is 1. The molecule has 1 aliphatic rings. The number of carbonyl (C=O) groups is 1. The van der Waals surface area contributed by atoms with Gasteiger partial charge in [-0.1, -0.05) is 13.8 Å². The number of carbonyl (C=O) groups excluding carboxylic acids is 1. The molecule has 2 aromatic rings. The number of hydrogen-bond acceptors (Lipinski definition) is 7. The molecule has 8 nitrogen and oxygen atoms in total. The van der Waals surface area contributed by atoms with E-state index in [1.165, 1.54) is 17.8 Å². The van der Waals surface area contributed by atoms with E-state index >= 15 is 0 Å². The van der Waals surface area contributed by atoms with Crippen molar-refractivity contribution in [2.75, 3.05) is 36.8 Å². The van der Waals surface area contributed by atoms with Crippen molar-refractivity contribution in [1.82, 2.24) is 14.9 Å². The van der Waals surface area contributed by atoms with Gasteiger partial charge in [-0.25, -0.2) is 9.97 Å². The van der Waals surface area contributed by atoms with Crippen LogP contribution in [0.3, 0.4) is 0 Å². The quantitative estimate of drug-likeness (QED) is 0.361. The van der Waals surface area contributed by atoms with Crippen molar-refractivity contribution in [1.29, 1.82) is 0 Å². The first kappa shape index (κ1) is 23.0. The molecular formula is C22H29N5O3S. The van der Waals surface area contributed by atoms with E-state index in [1.807, 2.05) is 19.9 Å². The minimum atomic E-state index is -0.397. The molecule has 0 radical (unpaired) electrons. The number of hydrogen-bond donors (Lipinski definition) is 0. The van der Waals surface area contributed by atoms with Crippen molar-refractivity contribution in [2.45, 2.75) is 39.0 Å². The van der Waals surface area contributed by atoms with E-state index in [-0.39, 0.29) is 11.6 Å². The average Bonchev–Trinajstić information content (AvgIpc) is 2.72. The van der Waals surface area contributed by atoms with Crippen LogP contribution in [0.25, 0.3) is 0 Å². The number of nitro benzene ring substituents is 1. The molecule has 1 fully saturated rings. The van der Waals surface area contributed by atoms with Gasteiger partial charge in [0.15, 0.2) is 0 Å². The SMILES string of the molecule is Cc1cc(N2CCN(C(=O)c3ccc(SCCC(C)C)c([N+](=O)[O-])c3)CC2)nc(C)n1. The molecule has 1 aromatic heterocycles. The molecule has 31 heavy (non-hydrogen) atoms. The molecule has 0 bridgehead atoms. The molecule has 0 atom stereocenters. The van der Waals surface area contributed by atoms with Gasteiger partial charge in [-0.2, -0.15) is 0 Å². The Bertz CT molecular complexity index is 938. The molecule has 166 valence electrons. The molecular weight excluding hydrogens is 414 g/mol. The van der Waals surface area contributed by atoms with E-state index in [0.717, 1.165) is 29.5 Å².